The first kappa shape index (κ1) is 27.9. The van der Waals surface area contributed by atoms with Crippen molar-refractivity contribution >= 4 is 50.4 Å². The summed E-state index contributed by atoms with van der Waals surface area (Å²) in [4.78, 5) is 4.74. The Morgan fingerprint density at radius 3 is 1.72 bits per heavy atom. The molecule has 0 aliphatic heterocycles. The van der Waals surface area contributed by atoms with Gasteiger partial charge in [-0.05, 0) is 104 Å². The van der Waals surface area contributed by atoms with Crippen molar-refractivity contribution in [1.82, 2.24) is 0 Å². The zero-order chi connectivity index (χ0) is 31.0. The van der Waals surface area contributed by atoms with Crippen molar-refractivity contribution in [2.45, 2.75) is 18.9 Å². The van der Waals surface area contributed by atoms with Gasteiger partial charge >= 0.3 is 0 Å². The Morgan fingerprint density at radius 1 is 0.457 bits per heavy atom. The van der Waals surface area contributed by atoms with E-state index in [0.717, 1.165) is 5.69 Å². The summed E-state index contributed by atoms with van der Waals surface area (Å²) >= 11 is 0. The quantitative estimate of drug-likeness (QED) is 0.177. The summed E-state index contributed by atoms with van der Waals surface area (Å²) in [6, 6.07) is 57.5. The van der Waals surface area contributed by atoms with Gasteiger partial charge in [-0.2, -0.15) is 0 Å². The van der Waals surface area contributed by atoms with Crippen molar-refractivity contribution in [3.05, 3.63) is 175 Å². The molecular formula is C44H36N2. The molecule has 0 spiro atoms. The summed E-state index contributed by atoms with van der Waals surface area (Å²) in [5.74, 6) is 0.354. The second-order valence-electron chi connectivity index (χ2n) is 12.4. The van der Waals surface area contributed by atoms with Gasteiger partial charge in [-0.15, -0.1) is 0 Å². The molecule has 0 saturated carbocycles. The van der Waals surface area contributed by atoms with E-state index in [1.54, 1.807) is 0 Å². The maximum atomic E-state index is 2.48. The normalized spacial score (nSPS) is 15.5. The Balaban J connectivity index is 1.05. The third-order valence-corrected chi connectivity index (χ3v) is 9.61. The van der Waals surface area contributed by atoms with Crippen LogP contribution in [-0.4, -0.2) is 13.1 Å². The second-order valence-corrected chi connectivity index (χ2v) is 12.4. The van der Waals surface area contributed by atoms with Crippen LogP contribution in [-0.2, 0) is 0 Å². The van der Waals surface area contributed by atoms with E-state index < -0.39 is 0 Å². The van der Waals surface area contributed by atoms with E-state index in [0.29, 0.717) is 5.92 Å². The van der Waals surface area contributed by atoms with Crippen molar-refractivity contribution < 1.29 is 0 Å². The Bertz CT molecular complexity index is 2180. The van der Waals surface area contributed by atoms with Crippen LogP contribution in [0.4, 0.5) is 22.7 Å². The van der Waals surface area contributed by atoms with Crippen molar-refractivity contribution in [2.75, 3.05) is 16.8 Å². The van der Waals surface area contributed by atoms with Gasteiger partial charge in [-0.1, -0.05) is 116 Å². The third-order valence-electron chi connectivity index (χ3n) is 9.61. The maximum Gasteiger partial charge on any atom is 0.0591 e. The van der Waals surface area contributed by atoms with Gasteiger partial charge in [0.15, 0.2) is 0 Å². The van der Waals surface area contributed by atoms with Crippen LogP contribution in [0.2, 0.25) is 0 Å². The topological polar surface area (TPSA) is 6.48 Å². The number of para-hydroxylation sites is 1. The van der Waals surface area contributed by atoms with E-state index in [2.05, 4.69) is 194 Å². The van der Waals surface area contributed by atoms with Crippen LogP contribution in [0, 0.1) is 0 Å². The molecule has 0 saturated heterocycles. The van der Waals surface area contributed by atoms with E-state index >= 15 is 0 Å². The molecule has 0 N–H and O–H groups in total. The first-order chi connectivity index (χ1) is 22.6. The van der Waals surface area contributed by atoms with Crippen LogP contribution >= 0.6 is 0 Å². The van der Waals surface area contributed by atoms with Gasteiger partial charge in [-0.3, -0.25) is 0 Å². The molecule has 0 radical (unpaired) electrons. The van der Waals surface area contributed by atoms with Crippen molar-refractivity contribution in [3.8, 4) is 11.1 Å². The Morgan fingerprint density at radius 2 is 1.00 bits per heavy atom. The third kappa shape index (κ3) is 5.12. The van der Waals surface area contributed by atoms with Crippen molar-refractivity contribution in [2.24, 2.45) is 0 Å². The molecule has 8 rings (SSSR count). The van der Waals surface area contributed by atoms with Gasteiger partial charge in [0.1, 0.15) is 0 Å². The number of hydrogen-bond acceptors (Lipinski definition) is 2. The molecule has 222 valence electrons. The largest absolute Gasteiger partial charge is 0.345 e. The number of hydrogen-bond donors (Lipinski definition) is 0. The number of rotatable bonds is 6. The molecule has 0 aromatic heterocycles. The average Bonchev–Trinajstić information content (AvgIpc) is 3.12. The first-order valence-corrected chi connectivity index (χ1v) is 16.1. The molecule has 2 atom stereocenters. The SMILES string of the molecule is CC1c2ccccc2C=CC1N(c1ccccc1)c1ccc(-c2ccc(N(C)c3ccc4cc5ccccc5cc4c3)cc2)cc1. The monoisotopic (exact) mass is 592 g/mol. The van der Waals surface area contributed by atoms with E-state index in [9.17, 15) is 0 Å². The molecule has 7 aromatic rings. The highest BCUT2D eigenvalue weighted by atomic mass is 15.2. The highest BCUT2D eigenvalue weighted by Crippen LogP contribution is 2.39. The molecular weight excluding hydrogens is 556 g/mol. The van der Waals surface area contributed by atoms with Crippen LogP contribution in [0.15, 0.2) is 164 Å². The number of benzene rings is 7. The summed E-state index contributed by atoms with van der Waals surface area (Å²) in [7, 11) is 2.14. The molecule has 2 unspecified atom stereocenters. The highest BCUT2D eigenvalue weighted by Gasteiger charge is 2.29. The molecule has 2 heteroatoms. The Labute approximate surface area is 271 Å². The summed E-state index contributed by atoms with van der Waals surface area (Å²) in [5.41, 5.74) is 9.86. The van der Waals surface area contributed by atoms with Gasteiger partial charge in [0.05, 0.1) is 6.04 Å². The highest BCUT2D eigenvalue weighted by molar-refractivity contribution is 5.99. The van der Waals surface area contributed by atoms with Crippen molar-refractivity contribution in [1.29, 1.82) is 0 Å². The average molecular weight is 593 g/mol. The number of fused-ring (bicyclic) bond motifs is 3. The van der Waals surface area contributed by atoms with Gasteiger partial charge in [0.25, 0.3) is 0 Å². The van der Waals surface area contributed by atoms with E-state index in [4.69, 9.17) is 0 Å². The molecule has 0 bridgehead atoms. The first-order valence-electron chi connectivity index (χ1n) is 16.1. The molecule has 0 fully saturated rings. The van der Waals surface area contributed by atoms with Gasteiger partial charge in [0, 0.05) is 35.7 Å². The molecule has 1 aliphatic carbocycles. The predicted octanol–water partition coefficient (Wildman–Crippen LogP) is 11.8. The van der Waals surface area contributed by atoms with Crippen LogP contribution in [0.5, 0.6) is 0 Å². The smallest absolute Gasteiger partial charge is 0.0591 e. The fourth-order valence-corrected chi connectivity index (χ4v) is 7.00. The van der Waals surface area contributed by atoms with Crippen molar-refractivity contribution in [3.63, 3.8) is 0 Å². The van der Waals surface area contributed by atoms with Gasteiger partial charge in [0.2, 0.25) is 0 Å². The van der Waals surface area contributed by atoms with Gasteiger partial charge in [-0.25, -0.2) is 0 Å². The molecule has 2 nitrogen and oxygen atoms in total. The summed E-state index contributed by atoms with van der Waals surface area (Å²) < 4.78 is 0. The lowest BCUT2D eigenvalue weighted by molar-refractivity contribution is 0.640. The zero-order valence-electron chi connectivity index (χ0n) is 26.2. The van der Waals surface area contributed by atoms with Crippen LogP contribution in [0.1, 0.15) is 24.0 Å². The molecule has 0 heterocycles. The zero-order valence-corrected chi connectivity index (χ0v) is 26.2. The molecule has 0 amide bonds. The standard InChI is InChI=1S/C44H36N2/c1-31-43-15-9-8-10-34(43)21-27-44(31)46(40-13-4-3-5-14-40)41-24-18-33(19-25-41)32-16-22-39(23-17-32)45(2)42-26-20-37-28-35-11-6-7-12-36(35)29-38(37)30-42/h3-31,44H,1-2H3. The second kappa shape index (κ2) is 11.7. The van der Waals surface area contributed by atoms with Crippen LogP contribution in [0.3, 0.4) is 0 Å². The minimum atomic E-state index is 0.215. The predicted molar refractivity (Wildman–Crippen MR) is 198 cm³/mol. The van der Waals surface area contributed by atoms with E-state index in [1.807, 2.05) is 0 Å². The molecule has 7 aromatic carbocycles. The molecule has 46 heavy (non-hydrogen) atoms. The minimum Gasteiger partial charge on any atom is -0.345 e. The fourth-order valence-electron chi connectivity index (χ4n) is 7.00. The Kier molecular flexibility index (Phi) is 7.11. The minimum absolute atomic E-state index is 0.215. The lowest BCUT2D eigenvalue weighted by atomic mass is 9.83. The van der Waals surface area contributed by atoms with Crippen LogP contribution in [0.25, 0.3) is 38.7 Å². The maximum absolute atomic E-state index is 2.48. The van der Waals surface area contributed by atoms with Gasteiger partial charge < -0.3 is 9.80 Å². The van der Waals surface area contributed by atoms with Crippen LogP contribution < -0.4 is 9.80 Å². The molecule has 1 aliphatic rings. The summed E-state index contributed by atoms with van der Waals surface area (Å²) in [5, 5.41) is 5.07. The lowest BCUT2D eigenvalue weighted by Crippen LogP contribution is -2.35. The van der Waals surface area contributed by atoms with E-state index in [1.165, 1.54) is 60.9 Å². The number of anilines is 4. The Hall–Kier alpha value is -5.60. The lowest BCUT2D eigenvalue weighted by Gasteiger charge is -2.38. The summed E-state index contributed by atoms with van der Waals surface area (Å²) in [6.07, 6.45) is 4.64. The number of nitrogens with zero attached hydrogens (tertiary/aromatic N) is 2. The fraction of sp³-hybridized carbons (Fsp3) is 0.0909. The summed E-state index contributed by atoms with van der Waals surface area (Å²) in [6.45, 7) is 2.34. The van der Waals surface area contributed by atoms with E-state index in [-0.39, 0.29) is 6.04 Å².